The van der Waals surface area contributed by atoms with Crippen LogP contribution in [0.3, 0.4) is 0 Å². The van der Waals surface area contributed by atoms with E-state index in [1.54, 1.807) is 55.5 Å². The molecular formula is C88H82N6O14. The van der Waals surface area contributed by atoms with Gasteiger partial charge in [0.2, 0.25) is 11.8 Å². The number of nitrogens with one attached hydrogen (secondary N) is 2. The predicted molar refractivity (Wildman–Crippen MR) is 415 cm³/mol. The van der Waals surface area contributed by atoms with Crippen molar-refractivity contribution in [1.29, 1.82) is 0 Å². The molecule has 108 heavy (non-hydrogen) atoms. The molecule has 20 nitrogen and oxygen atoms in total. The first-order valence-electron chi connectivity index (χ1n) is 35.5. The van der Waals surface area contributed by atoms with Crippen molar-refractivity contribution in [2.75, 3.05) is 17.2 Å². The van der Waals surface area contributed by atoms with E-state index in [2.05, 4.69) is 117 Å². The zero-order valence-corrected chi connectivity index (χ0v) is 62.9. The third-order valence-corrected chi connectivity index (χ3v) is 19.3. The smallest absolute Gasteiger partial charge is 0.338 e. The van der Waals surface area contributed by atoms with Crippen LogP contribution in [0.1, 0.15) is 174 Å². The van der Waals surface area contributed by atoms with Crippen LogP contribution in [-0.2, 0) is 40.8 Å². The standard InChI is InChI=1S/C88H82N6O14/c1-18-47(4)84(102)108-58-36-37-89-67(39-58)91-69(95)45-93-79(97)59-41-63(103-53-27-19-49(20-28-53)85(6,7)8)72-74-65(105-55-31-23-51(24-32-55)87(12,13)14)43-61-71-62(82(100)94(81(61)99)48(5)78(96)92-68-40-57(35-38-90-68)107-83(101)46(2)3)44-66(106-56-33-25-52(26-34-56)88(15,16)17)75(77(71)74)73-64(42-60(80(93)98)70(59)76(72)73)104-54-29-21-50(22-30-54)86(9,10)11/h19-44,48H,2,4,18,45H2,1,3,5-17H3,(H,89,91,95)(H,90,92,96). The van der Waals surface area contributed by atoms with Gasteiger partial charge in [-0.25, -0.2) is 19.6 Å². The molecule has 548 valence electrons. The number of benzene rings is 9. The summed E-state index contributed by atoms with van der Waals surface area (Å²) in [6.45, 7) is 36.2. The molecule has 0 bridgehead atoms. The number of hydrogen-bond donors (Lipinski definition) is 2. The molecule has 1 unspecified atom stereocenters. The van der Waals surface area contributed by atoms with Crippen molar-refractivity contribution in [1.82, 2.24) is 19.8 Å². The van der Waals surface area contributed by atoms with E-state index in [0.717, 1.165) is 32.1 Å². The van der Waals surface area contributed by atoms with Gasteiger partial charge in [0.25, 0.3) is 23.6 Å². The van der Waals surface area contributed by atoms with E-state index in [1.165, 1.54) is 74.8 Å². The highest BCUT2D eigenvalue weighted by Gasteiger charge is 2.44. The van der Waals surface area contributed by atoms with E-state index in [-0.39, 0.29) is 144 Å². The number of pyridine rings is 2. The average molecular weight is 1450 g/mol. The number of carbonyl (C=O) groups excluding carboxylic acids is 8. The minimum Gasteiger partial charge on any atom is -0.457 e. The zero-order chi connectivity index (χ0) is 77.5. The highest BCUT2D eigenvalue weighted by molar-refractivity contribution is 6.45. The number of rotatable bonds is 19. The fraction of sp³-hybridized carbons (Fsp3) is 0.250. The van der Waals surface area contributed by atoms with Crippen molar-refractivity contribution >= 4 is 102 Å². The van der Waals surface area contributed by atoms with Crippen molar-refractivity contribution in [3.63, 3.8) is 0 Å². The van der Waals surface area contributed by atoms with E-state index >= 15 is 19.2 Å². The van der Waals surface area contributed by atoms with Gasteiger partial charge >= 0.3 is 11.9 Å². The van der Waals surface area contributed by atoms with Crippen molar-refractivity contribution in [2.24, 2.45) is 0 Å². The molecule has 0 spiro atoms. The van der Waals surface area contributed by atoms with Crippen LogP contribution in [0.2, 0.25) is 0 Å². The molecule has 9 aromatic carbocycles. The van der Waals surface area contributed by atoms with Gasteiger partial charge in [0.05, 0.1) is 22.3 Å². The van der Waals surface area contributed by atoms with Crippen LogP contribution < -0.4 is 39.1 Å². The predicted octanol–water partition coefficient (Wildman–Crippen LogP) is 19.1. The lowest BCUT2D eigenvalue weighted by Crippen LogP contribution is -2.50. The largest absolute Gasteiger partial charge is 0.457 e. The summed E-state index contributed by atoms with van der Waals surface area (Å²) in [4.78, 5) is 129. The molecule has 0 radical (unpaired) electrons. The maximum Gasteiger partial charge on any atom is 0.338 e. The molecule has 2 aliphatic heterocycles. The fourth-order valence-corrected chi connectivity index (χ4v) is 13.3. The normalized spacial score (nSPS) is 13.4. The van der Waals surface area contributed by atoms with Gasteiger partial charge in [-0.2, -0.15) is 0 Å². The van der Waals surface area contributed by atoms with Gasteiger partial charge in [-0.3, -0.25) is 38.6 Å². The van der Waals surface area contributed by atoms with Crippen molar-refractivity contribution in [2.45, 2.75) is 138 Å². The second-order valence-corrected chi connectivity index (χ2v) is 31.4. The Balaban J connectivity index is 1.12. The third kappa shape index (κ3) is 14.2. The molecule has 0 saturated carbocycles. The SMILES string of the molecule is C=C(C)C(=O)Oc1ccnc(NC(=O)C(C)N2C(=O)c3cc(Oc4ccc(C(C)(C)C)cc4)c4c5c(Oc6ccc(C(C)(C)C)cc6)cc6c7c(cc(Oc8ccc(C(C)(C)C)cc8)c(c8c(Oc9ccc(C(C)(C)C)cc9)cc(c3c48)C2=O)c75)C(=O)N(CC(=O)Nc2cc(OC(=O)C(=C)CC)ccn2)C6=O)c1. The molecule has 2 N–H and O–H groups in total. The number of aromatic nitrogens is 2. The van der Waals surface area contributed by atoms with Gasteiger partial charge in [0, 0.05) is 78.8 Å². The summed E-state index contributed by atoms with van der Waals surface area (Å²) in [5, 5.41) is 6.99. The first-order chi connectivity index (χ1) is 50.9. The average Bonchev–Trinajstić information content (AvgIpc) is 0.671. The molecule has 20 heteroatoms. The van der Waals surface area contributed by atoms with Gasteiger partial charge in [-0.05, 0) is 149 Å². The lowest BCUT2D eigenvalue weighted by Gasteiger charge is -2.34. The van der Waals surface area contributed by atoms with Crippen LogP contribution in [0.15, 0.2) is 182 Å². The van der Waals surface area contributed by atoms with Crippen LogP contribution in [0.4, 0.5) is 11.6 Å². The van der Waals surface area contributed by atoms with Crippen LogP contribution >= 0.6 is 0 Å². The Kier molecular flexibility index (Phi) is 18.9. The summed E-state index contributed by atoms with van der Waals surface area (Å²) < 4.78 is 40.0. The highest BCUT2D eigenvalue weighted by atomic mass is 16.5. The number of hydrogen-bond acceptors (Lipinski definition) is 16. The maximum atomic E-state index is 16.2. The van der Waals surface area contributed by atoms with E-state index in [1.807, 2.05) is 48.5 Å². The van der Waals surface area contributed by atoms with Crippen LogP contribution in [0.5, 0.6) is 57.5 Å². The number of ether oxygens (including phenoxy) is 6. The van der Waals surface area contributed by atoms with Gasteiger partial charge in [0.1, 0.15) is 81.7 Å². The third-order valence-electron chi connectivity index (χ3n) is 19.3. The highest BCUT2D eigenvalue weighted by Crippen LogP contribution is 2.58. The second-order valence-electron chi connectivity index (χ2n) is 31.4. The Morgan fingerprint density at radius 2 is 0.731 bits per heavy atom. The molecule has 13 rings (SSSR count). The minimum absolute atomic E-state index is 0.0268. The molecule has 6 amide bonds. The summed E-state index contributed by atoms with van der Waals surface area (Å²) in [6.07, 6.45) is 2.98. The summed E-state index contributed by atoms with van der Waals surface area (Å²) in [5.41, 5.74) is 2.81. The monoisotopic (exact) mass is 1450 g/mol. The van der Waals surface area contributed by atoms with Crippen molar-refractivity contribution in [3.05, 3.63) is 227 Å². The van der Waals surface area contributed by atoms with Gasteiger partial charge in [0.15, 0.2) is 0 Å². The number of esters is 2. The maximum absolute atomic E-state index is 16.2. The Labute approximate surface area is 625 Å². The van der Waals surface area contributed by atoms with E-state index < -0.39 is 60.0 Å². The summed E-state index contributed by atoms with van der Waals surface area (Å²) in [5.74, 6) is -5.27. The van der Waals surface area contributed by atoms with Gasteiger partial charge in [-0.15, -0.1) is 0 Å². The van der Waals surface area contributed by atoms with Crippen molar-refractivity contribution < 1.29 is 66.8 Å². The minimum atomic E-state index is -1.55. The number of anilines is 2. The summed E-state index contributed by atoms with van der Waals surface area (Å²) in [7, 11) is 0. The fourth-order valence-electron chi connectivity index (χ4n) is 13.3. The Morgan fingerprint density at radius 1 is 0.417 bits per heavy atom. The van der Waals surface area contributed by atoms with Crippen molar-refractivity contribution in [3.8, 4) is 57.5 Å². The Hall–Kier alpha value is -12.6. The number of imide groups is 2. The number of fused-ring (bicyclic) bond motifs is 2. The molecule has 1 atom stereocenters. The molecule has 0 fully saturated rings. The van der Waals surface area contributed by atoms with E-state index in [9.17, 15) is 19.2 Å². The quantitative estimate of drug-likeness (QED) is 0.0251. The molecule has 0 saturated heterocycles. The Morgan fingerprint density at radius 3 is 1.05 bits per heavy atom. The topological polar surface area (TPSA) is 248 Å². The number of carbonyl (C=O) groups is 8. The first kappa shape index (κ1) is 73.7. The van der Waals surface area contributed by atoms with Gasteiger partial charge < -0.3 is 39.1 Å². The Bertz CT molecular complexity index is 5370. The number of amides is 6. The van der Waals surface area contributed by atoms with E-state index in [0.29, 0.717) is 29.4 Å². The molecular weight excluding hydrogens is 1360 g/mol. The first-order valence-corrected chi connectivity index (χ1v) is 35.5. The van der Waals surface area contributed by atoms with Crippen LogP contribution in [0.25, 0.3) is 43.1 Å². The molecule has 4 heterocycles. The number of nitrogens with zero attached hydrogens (tertiary/aromatic N) is 4. The lowest BCUT2D eigenvalue weighted by molar-refractivity contribution is -0.131. The van der Waals surface area contributed by atoms with Crippen LogP contribution in [0, 0.1) is 0 Å². The lowest BCUT2D eigenvalue weighted by atomic mass is 9.80. The molecule has 2 aliphatic rings. The van der Waals surface area contributed by atoms with Crippen LogP contribution in [-0.4, -0.2) is 79.7 Å². The molecule has 0 aliphatic carbocycles. The summed E-state index contributed by atoms with van der Waals surface area (Å²) in [6, 6.07) is 39.9. The molecule has 11 aromatic rings. The van der Waals surface area contributed by atoms with E-state index in [4.69, 9.17) is 28.4 Å². The van der Waals surface area contributed by atoms with Gasteiger partial charge in [-0.1, -0.05) is 152 Å². The second kappa shape index (κ2) is 27.7. The summed E-state index contributed by atoms with van der Waals surface area (Å²) >= 11 is 0. The molecule has 2 aromatic heterocycles. The zero-order valence-electron chi connectivity index (χ0n) is 62.9.